The number of nitrogens with two attached hydrogens (primary N) is 1. The Bertz CT molecular complexity index is 405. The third-order valence-electron chi connectivity index (χ3n) is 2.40. The molecule has 0 aliphatic carbocycles. The van der Waals surface area contributed by atoms with Crippen molar-refractivity contribution in [3.8, 4) is 0 Å². The quantitative estimate of drug-likeness (QED) is 0.861. The first-order valence-corrected chi connectivity index (χ1v) is 5.76. The highest BCUT2D eigenvalue weighted by molar-refractivity contribution is 9.10. The number of amides is 1. The zero-order valence-corrected chi connectivity index (χ0v) is 10.2. The van der Waals surface area contributed by atoms with Gasteiger partial charge in [0.25, 0.3) is 0 Å². The van der Waals surface area contributed by atoms with Crippen LogP contribution in [0.5, 0.6) is 0 Å². The normalized spacial score (nSPS) is 19.7. The first kappa shape index (κ1) is 11.3. The topological polar surface area (TPSA) is 77.2 Å². The molecule has 1 aromatic heterocycles. The van der Waals surface area contributed by atoms with Crippen molar-refractivity contribution < 1.29 is 9.53 Å². The van der Waals surface area contributed by atoms with Gasteiger partial charge in [-0.3, -0.25) is 4.79 Å². The molecular weight excluding hydrogens is 274 g/mol. The molecule has 0 bridgehead atoms. The van der Waals surface area contributed by atoms with E-state index in [0.717, 1.165) is 6.42 Å². The number of anilines is 2. The van der Waals surface area contributed by atoms with Crippen molar-refractivity contribution in [1.29, 1.82) is 0 Å². The van der Waals surface area contributed by atoms with Crippen LogP contribution >= 0.6 is 15.9 Å². The second-order valence-corrected chi connectivity index (χ2v) is 4.50. The summed E-state index contributed by atoms with van der Waals surface area (Å²) in [4.78, 5) is 15.8. The molecule has 1 atom stereocenters. The van der Waals surface area contributed by atoms with Crippen LogP contribution in [0, 0.1) is 5.92 Å². The molecule has 86 valence electrons. The van der Waals surface area contributed by atoms with Crippen molar-refractivity contribution in [2.45, 2.75) is 6.42 Å². The minimum Gasteiger partial charge on any atom is -0.397 e. The Morgan fingerprint density at radius 1 is 1.69 bits per heavy atom. The van der Waals surface area contributed by atoms with Crippen molar-refractivity contribution >= 4 is 33.3 Å². The maximum absolute atomic E-state index is 11.8. The molecule has 0 radical (unpaired) electrons. The van der Waals surface area contributed by atoms with Gasteiger partial charge in [0.15, 0.2) is 0 Å². The summed E-state index contributed by atoms with van der Waals surface area (Å²) in [6, 6.07) is 1.70. The number of carbonyl (C=O) groups is 1. The van der Waals surface area contributed by atoms with Crippen molar-refractivity contribution in [3.63, 3.8) is 0 Å². The van der Waals surface area contributed by atoms with Crippen LogP contribution in [0.4, 0.5) is 11.5 Å². The lowest BCUT2D eigenvalue weighted by molar-refractivity contribution is -0.119. The molecule has 1 aliphatic rings. The summed E-state index contributed by atoms with van der Waals surface area (Å²) in [5.74, 6) is 0.354. The van der Waals surface area contributed by atoms with Crippen molar-refractivity contribution in [1.82, 2.24) is 4.98 Å². The van der Waals surface area contributed by atoms with Gasteiger partial charge in [0.2, 0.25) is 5.91 Å². The van der Waals surface area contributed by atoms with Gasteiger partial charge in [-0.05, 0) is 28.4 Å². The van der Waals surface area contributed by atoms with Crippen LogP contribution in [0.2, 0.25) is 0 Å². The fraction of sp³-hybridized carbons (Fsp3) is 0.400. The van der Waals surface area contributed by atoms with Crippen LogP contribution < -0.4 is 11.1 Å². The van der Waals surface area contributed by atoms with Crippen LogP contribution in [0.25, 0.3) is 0 Å². The zero-order chi connectivity index (χ0) is 11.5. The molecule has 16 heavy (non-hydrogen) atoms. The molecule has 1 aliphatic heterocycles. The molecule has 3 N–H and O–H groups in total. The first-order valence-electron chi connectivity index (χ1n) is 4.96. The number of nitrogen functional groups attached to an aromatic ring is 1. The summed E-state index contributed by atoms with van der Waals surface area (Å²) in [7, 11) is 0. The summed E-state index contributed by atoms with van der Waals surface area (Å²) < 4.78 is 5.83. The van der Waals surface area contributed by atoms with Gasteiger partial charge in [-0.1, -0.05) is 0 Å². The standard InChI is InChI=1S/C10H12BrN3O2/c11-8-3-7(12)4-13-9(8)14-10(15)6-1-2-16-5-6/h3-4,6H,1-2,5,12H2,(H,13,14,15). The van der Waals surface area contributed by atoms with Gasteiger partial charge < -0.3 is 15.8 Å². The van der Waals surface area contributed by atoms with Crippen LogP contribution in [0.3, 0.4) is 0 Å². The van der Waals surface area contributed by atoms with E-state index in [4.69, 9.17) is 10.5 Å². The molecule has 1 amide bonds. The molecule has 0 spiro atoms. The summed E-state index contributed by atoms with van der Waals surface area (Å²) >= 11 is 3.30. The largest absolute Gasteiger partial charge is 0.397 e. The van der Waals surface area contributed by atoms with E-state index in [1.165, 1.54) is 6.20 Å². The van der Waals surface area contributed by atoms with E-state index < -0.39 is 0 Å². The predicted octanol–water partition coefficient (Wildman–Crippen LogP) is 1.40. The van der Waals surface area contributed by atoms with Gasteiger partial charge in [-0.2, -0.15) is 0 Å². The minimum atomic E-state index is -0.0775. The van der Waals surface area contributed by atoms with Crippen molar-refractivity contribution in [2.24, 2.45) is 5.92 Å². The average Bonchev–Trinajstić information content (AvgIpc) is 2.75. The minimum absolute atomic E-state index is 0.0597. The third-order valence-corrected chi connectivity index (χ3v) is 3.01. The SMILES string of the molecule is Nc1cnc(NC(=O)C2CCOC2)c(Br)c1. The lowest BCUT2D eigenvalue weighted by Crippen LogP contribution is -2.23. The van der Waals surface area contributed by atoms with Crippen LogP contribution in [0.15, 0.2) is 16.7 Å². The van der Waals surface area contributed by atoms with Gasteiger partial charge in [-0.25, -0.2) is 4.98 Å². The van der Waals surface area contributed by atoms with E-state index in [9.17, 15) is 4.79 Å². The third kappa shape index (κ3) is 2.51. The van der Waals surface area contributed by atoms with Gasteiger partial charge in [0.05, 0.1) is 28.9 Å². The maximum atomic E-state index is 11.8. The first-order chi connectivity index (χ1) is 7.66. The molecule has 2 heterocycles. The van der Waals surface area contributed by atoms with E-state index in [0.29, 0.717) is 29.2 Å². The summed E-state index contributed by atoms with van der Waals surface area (Å²) in [6.45, 7) is 1.13. The fourth-order valence-corrected chi connectivity index (χ4v) is 1.97. The smallest absolute Gasteiger partial charge is 0.231 e. The summed E-state index contributed by atoms with van der Waals surface area (Å²) in [5.41, 5.74) is 6.11. The van der Waals surface area contributed by atoms with Gasteiger partial charge in [0, 0.05) is 6.61 Å². The second kappa shape index (κ2) is 4.80. The lowest BCUT2D eigenvalue weighted by Gasteiger charge is -2.10. The Hall–Kier alpha value is -1.14. The molecule has 0 saturated carbocycles. The highest BCUT2D eigenvalue weighted by atomic mass is 79.9. The molecule has 6 heteroatoms. The van der Waals surface area contributed by atoms with E-state index in [1.54, 1.807) is 6.07 Å². The van der Waals surface area contributed by atoms with Gasteiger partial charge >= 0.3 is 0 Å². The Morgan fingerprint density at radius 3 is 3.12 bits per heavy atom. The molecule has 5 nitrogen and oxygen atoms in total. The van der Waals surface area contributed by atoms with Gasteiger partial charge in [0.1, 0.15) is 5.82 Å². The summed E-state index contributed by atoms with van der Waals surface area (Å²) in [5, 5.41) is 2.75. The van der Waals surface area contributed by atoms with Crippen molar-refractivity contribution in [2.75, 3.05) is 24.3 Å². The molecule has 1 unspecified atom stereocenters. The highest BCUT2D eigenvalue weighted by Gasteiger charge is 2.24. The maximum Gasteiger partial charge on any atom is 0.231 e. The van der Waals surface area contributed by atoms with Crippen LogP contribution in [-0.4, -0.2) is 24.1 Å². The number of carbonyl (C=O) groups excluding carboxylic acids is 1. The Kier molecular flexibility index (Phi) is 3.40. The number of ether oxygens (including phenoxy) is 1. The van der Waals surface area contributed by atoms with E-state index in [-0.39, 0.29) is 11.8 Å². The predicted molar refractivity (Wildman–Crippen MR) is 63.9 cm³/mol. The summed E-state index contributed by atoms with van der Waals surface area (Å²) in [6.07, 6.45) is 2.27. The van der Waals surface area contributed by atoms with Crippen LogP contribution in [-0.2, 0) is 9.53 Å². The number of nitrogens with one attached hydrogen (secondary N) is 1. The number of hydrogen-bond donors (Lipinski definition) is 2. The fourth-order valence-electron chi connectivity index (χ4n) is 1.50. The van der Waals surface area contributed by atoms with Crippen molar-refractivity contribution in [3.05, 3.63) is 16.7 Å². The molecule has 1 fully saturated rings. The molecule has 1 saturated heterocycles. The number of rotatable bonds is 2. The monoisotopic (exact) mass is 285 g/mol. The molecular formula is C10H12BrN3O2. The number of pyridine rings is 1. The zero-order valence-electron chi connectivity index (χ0n) is 8.57. The Balaban J connectivity index is 2.05. The second-order valence-electron chi connectivity index (χ2n) is 3.65. The Labute approximate surface area is 102 Å². The van der Waals surface area contributed by atoms with E-state index in [1.807, 2.05) is 0 Å². The molecule has 2 rings (SSSR count). The number of halogens is 1. The van der Waals surface area contributed by atoms with E-state index in [2.05, 4.69) is 26.2 Å². The van der Waals surface area contributed by atoms with Crippen LogP contribution in [0.1, 0.15) is 6.42 Å². The highest BCUT2D eigenvalue weighted by Crippen LogP contribution is 2.23. The molecule has 1 aromatic rings. The van der Waals surface area contributed by atoms with Gasteiger partial charge in [-0.15, -0.1) is 0 Å². The lowest BCUT2D eigenvalue weighted by atomic mass is 10.1. The number of hydrogen-bond acceptors (Lipinski definition) is 4. The van der Waals surface area contributed by atoms with E-state index >= 15 is 0 Å². The molecule has 0 aromatic carbocycles. The number of nitrogens with zero attached hydrogens (tertiary/aromatic N) is 1. The average molecular weight is 286 g/mol. The number of aromatic nitrogens is 1. The Morgan fingerprint density at radius 2 is 2.50 bits per heavy atom.